The molecule has 7 heteroatoms. The first-order valence-electron chi connectivity index (χ1n) is 5.73. The average Bonchev–Trinajstić information content (AvgIpc) is 3.08. The van der Waals surface area contributed by atoms with Gasteiger partial charge in [0.1, 0.15) is 6.10 Å². The lowest BCUT2D eigenvalue weighted by Crippen LogP contribution is -2.23. The van der Waals surface area contributed by atoms with Crippen LogP contribution >= 0.6 is 11.3 Å². The highest BCUT2D eigenvalue weighted by Gasteiger charge is 2.29. The van der Waals surface area contributed by atoms with E-state index >= 15 is 0 Å². The number of nitrogens with zero attached hydrogens (tertiary/aromatic N) is 1. The number of hydrogen-bond donors (Lipinski definition) is 1. The second-order valence-corrected chi connectivity index (χ2v) is 4.90. The first kappa shape index (κ1) is 12.3. The van der Waals surface area contributed by atoms with Crippen LogP contribution in [0.1, 0.15) is 22.4 Å². The van der Waals surface area contributed by atoms with Crippen LogP contribution in [0.25, 0.3) is 10.8 Å². The molecule has 0 radical (unpaired) electrons. The van der Waals surface area contributed by atoms with E-state index in [4.69, 9.17) is 13.9 Å². The first-order valence-corrected chi connectivity index (χ1v) is 6.61. The van der Waals surface area contributed by atoms with Crippen LogP contribution in [0.5, 0.6) is 0 Å². The quantitative estimate of drug-likeness (QED) is 0.928. The predicted octanol–water partition coefficient (Wildman–Crippen LogP) is 2.19. The van der Waals surface area contributed by atoms with Gasteiger partial charge in [0.05, 0.1) is 24.7 Å². The highest BCUT2D eigenvalue weighted by Crippen LogP contribution is 2.31. The molecule has 19 heavy (non-hydrogen) atoms. The molecule has 0 bridgehead atoms. The van der Waals surface area contributed by atoms with Gasteiger partial charge in [-0.1, -0.05) is 6.07 Å². The molecule has 0 aliphatic carbocycles. The van der Waals surface area contributed by atoms with Gasteiger partial charge >= 0.3 is 5.97 Å². The smallest absolute Gasteiger partial charge is 0.358 e. The van der Waals surface area contributed by atoms with Crippen LogP contribution in [0.4, 0.5) is 0 Å². The zero-order valence-electron chi connectivity index (χ0n) is 9.87. The Labute approximate surface area is 112 Å². The van der Waals surface area contributed by atoms with E-state index in [1.807, 2.05) is 17.5 Å². The zero-order valence-corrected chi connectivity index (χ0v) is 10.7. The lowest BCUT2D eigenvalue weighted by Gasteiger charge is -2.21. The van der Waals surface area contributed by atoms with Crippen LogP contribution < -0.4 is 0 Å². The summed E-state index contributed by atoms with van der Waals surface area (Å²) in [6.07, 6.45) is -0.513. The Morgan fingerprint density at radius 3 is 3.00 bits per heavy atom. The lowest BCUT2D eigenvalue weighted by molar-refractivity contribution is -0.0977. The van der Waals surface area contributed by atoms with Gasteiger partial charge < -0.3 is 19.0 Å². The number of ether oxygens (including phenoxy) is 2. The molecule has 0 spiro atoms. The SMILES string of the molecule is O=C(O)c1nc(-c2cccs2)oc1C1COCCO1. The fraction of sp³-hybridized carbons (Fsp3) is 0.333. The summed E-state index contributed by atoms with van der Waals surface area (Å²) in [5.74, 6) is -0.608. The van der Waals surface area contributed by atoms with Crippen LogP contribution in [0, 0.1) is 0 Å². The van der Waals surface area contributed by atoms with Crippen molar-refractivity contribution in [2.75, 3.05) is 19.8 Å². The summed E-state index contributed by atoms with van der Waals surface area (Å²) < 4.78 is 16.3. The summed E-state index contributed by atoms with van der Waals surface area (Å²) in [6, 6.07) is 3.68. The third-order valence-electron chi connectivity index (χ3n) is 2.70. The van der Waals surface area contributed by atoms with Crippen LogP contribution in [-0.4, -0.2) is 35.9 Å². The largest absolute Gasteiger partial charge is 0.476 e. The molecule has 1 N–H and O–H groups in total. The van der Waals surface area contributed by atoms with E-state index in [2.05, 4.69) is 4.98 Å². The number of aromatic nitrogens is 1. The molecular formula is C12H11NO5S. The number of rotatable bonds is 3. The molecule has 1 atom stereocenters. The van der Waals surface area contributed by atoms with Crippen molar-refractivity contribution in [3.63, 3.8) is 0 Å². The number of carboxylic acid groups (broad SMARTS) is 1. The van der Waals surface area contributed by atoms with E-state index in [0.717, 1.165) is 4.88 Å². The topological polar surface area (TPSA) is 81.8 Å². The molecule has 100 valence electrons. The molecule has 3 heterocycles. The Balaban J connectivity index is 1.99. The van der Waals surface area contributed by atoms with Gasteiger partial charge in [0.25, 0.3) is 0 Å². The molecule has 2 aromatic heterocycles. The van der Waals surface area contributed by atoms with Crippen LogP contribution in [0.3, 0.4) is 0 Å². The lowest BCUT2D eigenvalue weighted by atomic mass is 10.2. The molecule has 3 rings (SSSR count). The van der Waals surface area contributed by atoms with Crippen LogP contribution in [-0.2, 0) is 9.47 Å². The summed E-state index contributed by atoms with van der Waals surface area (Å²) in [4.78, 5) is 16.1. The van der Waals surface area contributed by atoms with Crippen molar-refractivity contribution < 1.29 is 23.8 Å². The van der Waals surface area contributed by atoms with Gasteiger partial charge in [0.15, 0.2) is 11.5 Å². The number of carboxylic acids is 1. The number of carbonyl (C=O) groups is 1. The summed E-state index contributed by atoms with van der Waals surface area (Å²) in [5, 5.41) is 11.1. The predicted molar refractivity (Wildman–Crippen MR) is 66.3 cm³/mol. The first-order chi connectivity index (χ1) is 9.25. The second kappa shape index (κ2) is 5.12. The van der Waals surface area contributed by atoms with Gasteiger partial charge in [-0.05, 0) is 11.4 Å². The number of thiophene rings is 1. The van der Waals surface area contributed by atoms with Gasteiger partial charge in [-0.3, -0.25) is 0 Å². The van der Waals surface area contributed by atoms with Crippen molar-refractivity contribution in [2.24, 2.45) is 0 Å². The fourth-order valence-electron chi connectivity index (χ4n) is 1.85. The van der Waals surface area contributed by atoms with E-state index in [1.165, 1.54) is 11.3 Å². The van der Waals surface area contributed by atoms with Crippen molar-refractivity contribution in [1.82, 2.24) is 4.98 Å². The van der Waals surface area contributed by atoms with Crippen LogP contribution in [0.15, 0.2) is 21.9 Å². The number of oxazole rings is 1. The van der Waals surface area contributed by atoms with Gasteiger partial charge in [0.2, 0.25) is 5.89 Å². The van der Waals surface area contributed by atoms with E-state index in [1.54, 1.807) is 0 Å². The number of hydrogen-bond acceptors (Lipinski definition) is 6. The Morgan fingerprint density at radius 2 is 2.37 bits per heavy atom. The molecule has 1 aliphatic rings. The minimum Gasteiger partial charge on any atom is -0.476 e. The standard InChI is InChI=1S/C12H11NO5S/c14-12(15)9-10(7-6-16-3-4-17-7)18-11(13-9)8-2-1-5-19-8/h1-2,5,7H,3-4,6H2,(H,14,15). The van der Waals surface area contributed by atoms with Crippen molar-refractivity contribution in [3.05, 3.63) is 29.0 Å². The van der Waals surface area contributed by atoms with E-state index in [9.17, 15) is 9.90 Å². The van der Waals surface area contributed by atoms with E-state index in [0.29, 0.717) is 19.1 Å². The highest BCUT2D eigenvalue weighted by molar-refractivity contribution is 7.13. The monoisotopic (exact) mass is 281 g/mol. The Hall–Kier alpha value is -1.70. The second-order valence-electron chi connectivity index (χ2n) is 3.95. The molecule has 6 nitrogen and oxygen atoms in total. The van der Waals surface area contributed by atoms with E-state index < -0.39 is 12.1 Å². The molecule has 1 unspecified atom stereocenters. The van der Waals surface area contributed by atoms with Crippen molar-refractivity contribution >= 4 is 17.3 Å². The molecular weight excluding hydrogens is 270 g/mol. The molecule has 0 aromatic carbocycles. The van der Waals surface area contributed by atoms with Gasteiger partial charge in [-0.2, -0.15) is 0 Å². The molecule has 1 saturated heterocycles. The Bertz CT molecular complexity index is 571. The molecule has 0 amide bonds. The van der Waals surface area contributed by atoms with E-state index in [-0.39, 0.29) is 18.1 Å². The maximum atomic E-state index is 11.2. The van der Waals surface area contributed by atoms with Gasteiger partial charge in [-0.15, -0.1) is 11.3 Å². The summed E-state index contributed by atoms with van der Waals surface area (Å²) in [5.41, 5.74) is -0.112. The van der Waals surface area contributed by atoms with Crippen molar-refractivity contribution in [1.29, 1.82) is 0 Å². The third-order valence-corrected chi connectivity index (χ3v) is 3.55. The zero-order chi connectivity index (χ0) is 13.2. The maximum absolute atomic E-state index is 11.2. The van der Waals surface area contributed by atoms with Gasteiger partial charge in [0, 0.05) is 0 Å². The minimum atomic E-state index is -1.13. The molecule has 0 saturated carbocycles. The molecule has 2 aromatic rings. The Morgan fingerprint density at radius 1 is 1.47 bits per heavy atom. The van der Waals surface area contributed by atoms with Gasteiger partial charge in [-0.25, -0.2) is 9.78 Å². The maximum Gasteiger partial charge on any atom is 0.358 e. The van der Waals surface area contributed by atoms with Crippen molar-refractivity contribution in [2.45, 2.75) is 6.10 Å². The average molecular weight is 281 g/mol. The molecule has 1 fully saturated rings. The summed E-state index contributed by atoms with van der Waals surface area (Å²) in [7, 11) is 0. The normalized spacial score (nSPS) is 19.5. The van der Waals surface area contributed by atoms with Crippen LogP contribution in [0.2, 0.25) is 0 Å². The van der Waals surface area contributed by atoms with Crippen molar-refractivity contribution in [3.8, 4) is 10.8 Å². The third kappa shape index (κ3) is 2.40. The minimum absolute atomic E-state index is 0.112. The highest BCUT2D eigenvalue weighted by atomic mass is 32.1. The number of aromatic carboxylic acids is 1. The fourth-order valence-corrected chi connectivity index (χ4v) is 2.50. The Kier molecular flexibility index (Phi) is 3.33. The summed E-state index contributed by atoms with van der Waals surface area (Å²) >= 11 is 1.44. The molecule has 1 aliphatic heterocycles. The summed E-state index contributed by atoms with van der Waals surface area (Å²) in [6.45, 7) is 1.20.